The maximum atomic E-state index is 13.9. The minimum Gasteiger partial charge on any atom is -0.508 e. The fourth-order valence-electron chi connectivity index (χ4n) is 5.94. The van der Waals surface area contributed by atoms with E-state index in [9.17, 15) is 57.0 Å². The lowest BCUT2D eigenvalue weighted by Gasteiger charge is -2.28. The summed E-state index contributed by atoms with van der Waals surface area (Å²) in [5, 5.41) is 33.7. The number of carboxylic acids is 1. The zero-order chi connectivity index (χ0) is 48.0. The van der Waals surface area contributed by atoms with Crippen molar-refractivity contribution in [3.05, 3.63) is 65.7 Å². The zero-order valence-corrected chi connectivity index (χ0v) is 37.5. The van der Waals surface area contributed by atoms with Gasteiger partial charge in [-0.1, -0.05) is 68.1 Å². The highest BCUT2D eigenvalue weighted by molar-refractivity contribution is 8.14. The summed E-state index contributed by atoms with van der Waals surface area (Å²) >= 11 is 0.554. The molecule has 0 aliphatic carbocycles. The molecule has 6 atom stereocenters. The summed E-state index contributed by atoms with van der Waals surface area (Å²) in [6, 6.07) is 6.86. The molecule has 23 heteroatoms. The molecule has 0 saturated carbocycles. The Hall–Kier alpha value is -5.62. The predicted octanol–water partition coefficient (Wildman–Crippen LogP) is -1.14. The van der Waals surface area contributed by atoms with E-state index in [0.717, 1.165) is 5.56 Å². The van der Waals surface area contributed by atoms with Crippen molar-refractivity contribution < 1.29 is 61.5 Å². The van der Waals surface area contributed by atoms with E-state index in [4.69, 9.17) is 16.0 Å². The minimum absolute atomic E-state index is 0.0367. The topological polar surface area (TPSA) is 356 Å². The Morgan fingerprint density at radius 3 is 1.83 bits per heavy atom. The lowest BCUT2D eigenvalue weighted by Crippen LogP contribution is -2.60. The summed E-state index contributed by atoms with van der Waals surface area (Å²) in [4.78, 5) is 105. The molecule has 21 nitrogen and oxygen atoms in total. The second kappa shape index (κ2) is 27.5. The van der Waals surface area contributed by atoms with Gasteiger partial charge in [0.15, 0.2) is 0 Å². The van der Waals surface area contributed by atoms with Crippen LogP contribution in [-0.2, 0) is 61.3 Å². The molecule has 0 aliphatic rings. The molecule has 0 unspecified atom stereocenters. The van der Waals surface area contributed by atoms with E-state index in [1.165, 1.54) is 31.2 Å². The number of aromatic hydroxyl groups is 1. The zero-order valence-electron chi connectivity index (χ0n) is 35.9. The Labute approximate surface area is 376 Å². The van der Waals surface area contributed by atoms with Gasteiger partial charge in [0.05, 0.1) is 18.3 Å². The van der Waals surface area contributed by atoms with Crippen LogP contribution in [0, 0.1) is 5.92 Å². The average Bonchev–Trinajstić information content (AvgIpc) is 3.22. The number of hydrogen-bond donors (Lipinski definition) is 11. The summed E-state index contributed by atoms with van der Waals surface area (Å²) in [6.07, 6.45) is -0.239. The number of carbonyl (C=O) groups is 8. The lowest BCUT2D eigenvalue weighted by atomic mass is 10.00. The number of nitrogens with two attached hydrogens (primary N) is 2. The second-order valence-corrected chi connectivity index (χ2v) is 18.0. The molecule has 0 spiro atoms. The number of phenols is 1. The van der Waals surface area contributed by atoms with Crippen molar-refractivity contribution in [1.82, 2.24) is 31.9 Å². The van der Waals surface area contributed by atoms with Crippen LogP contribution >= 0.6 is 11.8 Å². The summed E-state index contributed by atoms with van der Waals surface area (Å²) in [7, 11) is -4.30. The first-order chi connectivity index (χ1) is 30.1. The average molecular weight is 937 g/mol. The normalized spacial score (nSPS) is 14.1. The fourth-order valence-corrected chi connectivity index (χ4v) is 7.52. The van der Waals surface area contributed by atoms with Gasteiger partial charge in [0.2, 0.25) is 40.6 Å². The number of benzene rings is 2. The number of carbonyl (C=O) groups excluding carboxylic acids is 7. The van der Waals surface area contributed by atoms with Crippen LogP contribution in [0.15, 0.2) is 54.6 Å². The van der Waals surface area contributed by atoms with Crippen LogP contribution in [0.1, 0.15) is 64.0 Å². The highest BCUT2D eigenvalue weighted by Crippen LogP contribution is 2.13. The highest BCUT2D eigenvalue weighted by atomic mass is 32.2. The minimum atomic E-state index is -4.30. The summed E-state index contributed by atoms with van der Waals surface area (Å²) in [5.74, 6) is -7.74. The van der Waals surface area contributed by atoms with Crippen molar-refractivity contribution in [2.45, 2.75) is 102 Å². The molecule has 354 valence electrons. The van der Waals surface area contributed by atoms with Gasteiger partial charge in [-0.3, -0.25) is 42.9 Å². The molecule has 0 bridgehead atoms. The number of carboxylic acid groups (broad SMARTS) is 1. The van der Waals surface area contributed by atoms with Gasteiger partial charge in [0.1, 0.15) is 36.0 Å². The third kappa shape index (κ3) is 21.2. The third-order valence-electron chi connectivity index (χ3n) is 9.51. The molecule has 0 aromatic heterocycles. The number of hydrogen-bond acceptors (Lipinski definition) is 14. The van der Waals surface area contributed by atoms with Crippen molar-refractivity contribution in [2.75, 3.05) is 24.6 Å². The van der Waals surface area contributed by atoms with Gasteiger partial charge in [-0.15, -0.1) is 0 Å². The molecule has 0 saturated heterocycles. The number of thioether (sulfide) groups is 1. The molecule has 0 heterocycles. The quantitative estimate of drug-likeness (QED) is 0.0355. The second-order valence-electron chi connectivity index (χ2n) is 15.3. The molecule has 0 fully saturated rings. The molecule has 2 aromatic carbocycles. The van der Waals surface area contributed by atoms with Crippen LogP contribution in [0.3, 0.4) is 0 Å². The molecule has 13 N–H and O–H groups in total. The Bertz CT molecular complexity index is 2010. The first-order valence-corrected chi connectivity index (χ1v) is 23.1. The van der Waals surface area contributed by atoms with Gasteiger partial charge < -0.3 is 53.6 Å². The monoisotopic (exact) mass is 936 g/mol. The van der Waals surface area contributed by atoms with E-state index in [2.05, 4.69) is 31.9 Å². The maximum Gasteiger partial charge on any atom is 0.303 e. The number of unbranched alkanes of at least 4 members (excludes halogenated alkanes) is 1. The van der Waals surface area contributed by atoms with Crippen molar-refractivity contribution in [1.29, 1.82) is 0 Å². The van der Waals surface area contributed by atoms with Crippen LogP contribution in [0.4, 0.5) is 0 Å². The van der Waals surface area contributed by atoms with Gasteiger partial charge in [-0.05, 0) is 74.8 Å². The molecule has 2 aromatic rings. The number of phenolic OH excluding ortho intramolecular Hbond substituents is 1. The van der Waals surface area contributed by atoms with E-state index in [1.54, 1.807) is 38.1 Å². The lowest BCUT2D eigenvalue weighted by molar-refractivity contribution is -0.138. The van der Waals surface area contributed by atoms with Crippen LogP contribution in [0.2, 0.25) is 0 Å². The van der Waals surface area contributed by atoms with Gasteiger partial charge >= 0.3 is 5.97 Å². The van der Waals surface area contributed by atoms with Crippen molar-refractivity contribution in [2.24, 2.45) is 17.4 Å². The molecule has 6 amide bonds. The molecular weight excluding hydrogens is 877 g/mol. The first-order valence-electron chi connectivity index (χ1n) is 20.5. The largest absolute Gasteiger partial charge is 0.508 e. The van der Waals surface area contributed by atoms with E-state index in [0.29, 0.717) is 30.2 Å². The molecule has 0 radical (unpaired) electrons. The van der Waals surface area contributed by atoms with Gasteiger partial charge in [0.25, 0.3) is 10.1 Å². The summed E-state index contributed by atoms with van der Waals surface area (Å²) < 4.78 is 30.6. The predicted molar refractivity (Wildman–Crippen MR) is 237 cm³/mol. The highest BCUT2D eigenvalue weighted by Gasteiger charge is 2.34. The molecule has 64 heavy (non-hydrogen) atoms. The Kier molecular flexibility index (Phi) is 23.5. The first kappa shape index (κ1) is 54.5. The van der Waals surface area contributed by atoms with Gasteiger partial charge in [0, 0.05) is 18.6 Å². The SMILES string of the molecule is CC(C)[C@H](NC(=O)[C@@H](N)Cc1ccccc1)C(=O)N[C@@H](CCCCN)C(=O)N[C@@H](CCC(=O)O)C(=O)N[C@@H](Cc1ccc(O)cc1)C(=O)N[C@@H](C)C(=O)NCC(=O)SCCS(=O)(=O)O. The number of aliphatic carboxylic acids is 1. The van der Waals surface area contributed by atoms with E-state index in [-0.39, 0.29) is 37.3 Å². The standard InChI is InChI=1S/C41H60N8O13S2/c1-24(2)35(49-37(55)29(43)21-26-9-5-4-6-10-26)41(59)47-30(11-7-8-18-42)38(56)46-31(16-17-33(51)52)39(57)48-32(22-27-12-14-28(50)15-13-27)40(58)45-25(3)36(54)44-23-34(53)63-19-20-64(60,61)62/h4-6,9-10,12-15,24-25,29-32,35,50H,7-8,11,16-23,42-43H2,1-3H3,(H,44,54)(H,45,58)(H,46,56)(H,47,59)(H,48,57)(H,49,55)(H,51,52)(H,60,61,62)/t25-,29-,30-,31-,32-,35-/m0/s1. The Morgan fingerprint density at radius 1 is 0.688 bits per heavy atom. The van der Waals surface area contributed by atoms with Crippen molar-refractivity contribution >= 4 is 68.4 Å². The number of amides is 6. The number of nitrogens with one attached hydrogen (secondary N) is 6. The van der Waals surface area contributed by atoms with Crippen molar-refractivity contribution in [3.8, 4) is 5.75 Å². The van der Waals surface area contributed by atoms with Gasteiger partial charge in [-0.2, -0.15) is 8.42 Å². The maximum absolute atomic E-state index is 13.9. The van der Waals surface area contributed by atoms with Crippen LogP contribution in [0.5, 0.6) is 5.75 Å². The molecular formula is C41H60N8O13S2. The Morgan fingerprint density at radius 2 is 1.25 bits per heavy atom. The summed E-state index contributed by atoms with van der Waals surface area (Å²) in [5.41, 5.74) is 13.1. The number of rotatable bonds is 28. The van der Waals surface area contributed by atoms with Gasteiger partial charge in [-0.25, -0.2) is 0 Å². The molecule has 0 aliphatic heterocycles. The fraction of sp³-hybridized carbons (Fsp3) is 0.512. The van der Waals surface area contributed by atoms with E-state index >= 15 is 0 Å². The summed E-state index contributed by atoms with van der Waals surface area (Å²) in [6.45, 7) is 4.36. The van der Waals surface area contributed by atoms with E-state index < -0.39 is 124 Å². The Balaban J connectivity index is 2.29. The van der Waals surface area contributed by atoms with E-state index in [1.807, 2.05) is 6.07 Å². The molecule has 2 rings (SSSR count). The smallest absolute Gasteiger partial charge is 0.303 e. The third-order valence-corrected chi connectivity index (χ3v) is 11.4. The van der Waals surface area contributed by atoms with Crippen LogP contribution < -0.4 is 43.4 Å². The van der Waals surface area contributed by atoms with Crippen molar-refractivity contribution in [3.63, 3.8) is 0 Å². The van der Waals surface area contributed by atoms with Crippen LogP contribution in [0.25, 0.3) is 0 Å². The van der Waals surface area contributed by atoms with Crippen LogP contribution in [-0.4, -0.2) is 131 Å².